The Hall–Kier alpha value is -2.19. The van der Waals surface area contributed by atoms with Gasteiger partial charge in [0, 0.05) is 11.5 Å². The van der Waals surface area contributed by atoms with E-state index < -0.39 is 51.9 Å². The molecule has 0 saturated carbocycles. The van der Waals surface area contributed by atoms with Crippen LogP contribution in [0.3, 0.4) is 0 Å². The fourth-order valence-electron chi connectivity index (χ4n) is 1.76. The molecule has 0 aromatic heterocycles. The quantitative estimate of drug-likeness (QED) is 0.769. The maximum atomic E-state index is 13.9. The van der Waals surface area contributed by atoms with Gasteiger partial charge in [0.25, 0.3) is 0 Å². The number of benzene rings is 2. The molecular weight excluding hydrogens is 309 g/mol. The van der Waals surface area contributed by atoms with Gasteiger partial charge >= 0.3 is 6.36 Å². The highest BCUT2D eigenvalue weighted by atomic mass is 19.4. The monoisotopic (exact) mass is 314 g/mol. The van der Waals surface area contributed by atoms with Gasteiger partial charge in [-0.05, 0) is 6.07 Å². The van der Waals surface area contributed by atoms with Gasteiger partial charge in [-0.25, -0.2) is 17.6 Å². The summed E-state index contributed by atoms with van der Waals surface area (Å²) in [7, 11) is 1.02. The van der Waals surface area contributed by atoms with Crippen LogP contribution in [0, 0.1) is 23.3 Å². The third-order valence-corrected chi connectivity index (χ3v) is 2.57. The van der Waals surface area contributed by atoms with E-state index in [4.69, 9.17) is 0 Å². The zero-order chi connectivity index (χ0) is 15.9. The lowest BCUT2D eigenvalue weighted by molar-refractivity contribution is -0.276. The summed E-state index contributed by atoms with van der Waals surface area (Å²) < 4.78 is 98.3. The molecule has 2 aromatic rings. The van der Waals surface area contributed by atoms with Crippen LogP contribution in [-0.4, -0.2) is 13.5 Å². The maximum Gasteiger partial charge on any atom is 0.573 e. The van der Waals surface area contributed by atoms with Crippen LogP contribution in [0.25, 0.3) is 10.8 Å². The van der Waals surface area contributed by atoms with Crippen molar-refractivity contribution in [3.63, 3.8) is 0 Å². The van der Waals surface area contributed by atoms with Crippen LogP contribution in [0.15, 0.2) is 12.1 Å². The van der Waals surface area contributed by atoms with Crippen molar-refractivity contribution in [1.29, 1.82) is 0 Å². The van der Waals surface area contributed by atoms with Crippen molar-refractivity contribution in [2.24, 2.45) is 0 Å². The Morgan fingerprint density at radius 3 is 2.05 bits per heavy atom. The van der Waals surface area contributed by atoms with E-state index in [1.807, 2.05) is 0 Å². The van der Waals surface area contributed by atoms with Crippen LogP contribution < -0.4 is 9.47 Å². The van der Waals surface area contributed by atoms with E-state index in [9.17, 15) is 30.7 Å². The average molecular weight is 314 g/mol. The number of ether oxygens (including phenoxy) is 2. The Kier molecular flexibility index (Phi) is 3.60. The van der Waals surface area contributed by atoms with Gasteiger partial charge in [0.05, 0.1) is 12.5 Å². The molecule has 0 aliphatic heterocycles. The molecule has 0 heterocycles. The average Bonchev–Trinajstić information content (AvgIpc) is 2.37. The summed E-state index contributed by atoms with van der Waals surface area (Å²) in [5, 5.41) is -1.77. The fraction of sp³-hybridized carbons (Fsp3) is 0.167. The van der Waals surface area contributed by atoms with Gasteiger partial charge in [-0.2, -0.15) is 0 Å². The minimum absolute atomic E-state index is 0.362. The number of hydrogen-bond donors (Lipinski definition) is 0. The fourth-order valence-corrected chi connectivity index (χ4v) is 1.76. The summed E-state index contributed by atoms with van der Waals surface area (Å²) in [5.74, 6) is -9.42. The summed E-state index contributed by atoms with van der Waals surface area (Å²) in [6.07, 6.45) is -5.40. The van der Waals surface area contributed by atoms with Gasteiger partial charge in [-0.3, -0.25) is 0 Å². The van der Waals surface area contributed by atoms with E-state index in [1.54, 1.807) is 0 Å². The number of methoxy groups -OCH3 is 1. The molecule has 0 atom stereocenters. The van der Waals surface area contributed by atoms with Crippen LogP contribution in [0.2, 0.25) is 0 Å². The number of alkyl halides is 3. The van der Waals surface area contributed by atoms with Crippen molar-refractivity contribution in [1.82, 2.24) is 0 Å². The summed E-state index contributed by atoms with van der Waals surface area (Å²) in [5.41, 5.74) is 0. The van der Waals surface area contributed by atoms with Crippen molar-refractivity contribution >= 4 is 10.8 Å². The number of rotatable bonds is 2. The molecule has 9 heteroatoms. The third-order valence-electron chi connectivity index (χ3n) is 2.57. The Morgan fingerprint density at radius 2 is 1.52 bits per heavy atom. The van der Waals surface area contributed by atoms with Crippen molar-refractivity contribution in [3.05, 3.63) is 35.4 Å². The van der Waals surface area contributed by atoms with E-state index in [2.05, 4.69) is 9.47 Å². The van der Waals surface area contributed by atoms with Crippen LogP contribution in [-0.2, 0) is 0 Å². The second kappa shape index (κ2) is 4.97. The summed E-state index contributed by atoms with van der Waals surface area (Å²) in [4.78, 5) is 0. The van der Waals surface area contributed by atoms with Crippen LogP contribution in [0.5, 0.6) is 11.5 Å². The molecule has 0 aliphatic carbocycles. The van der Waals surface area contributed by atoms with Crippen molar-refractivity contribution < 1.29 is 40.2 Å². The van der Waals surface area contributed by atoms with E-state index in [1.165, 1.54) is 0 Å². The molecule has 0 fully saturated rings. The minimum atomic E-state index is -5.40. The molecule has 0 unspecified atom stereocenters. The first-order chi connectivity index (χ1) is 9.65. The first kappa shape index (κ1) is 15.2. The highest BCUT2D eigenvalue weighted by molar-refractivity contribution is 5.91. The standard InChI is InChI=1S/C12H5F7O2/c1-20-7-3-5(13)9(15)8-4(7)2-6(14)11(10(8)16)21-12(17,18)19/h2-3H,1H3. The van der Waals surface area contributed by atoms with Crippen LogP contribution in [0.1, 0.15) is 0 Å². The molecule has 114 valence electrons. The second-order valence-electron chi connectivity index (χ2n) is 3.85. The molecular formula is C12H5F7O2. The molecule has 0 aliphatic rings. The molecule has 0 saturated heterocycles. The number of hydrogen-bond acceptors (Lipinski definition) is 2. The summed E-state index contributed by atoms with van der Waals surface area (Å²) >= 11 is 0. The maximum absolute atomic E-state index is 13.9. The number of halogens is 7. The lowest BCUT2D eigenvalue weighted by Gasteiger charge is -2.14. The van der Waals surface area contributed by atoms with Gasteiger partial charge in [-0.15, -0.1) is 13.2 Å². The van der Waals surface area contributed by atoms with Crippen molar-refractivity contribution in [3.8, 4) is 11.5 Å². The summed E-state index contributed by atoms with van der Waals surface area (Å²) in [6.45, 7) is 0. The van der Waals surface area contributed by atoms with Gasteiger partial charge in [0.1, 0.15) is 5.75 Å². The molecule has 0 bridgehead atoms. The molecule has 2 nitrogen and oxygen atoms in total. The van der Waals surface area contributed by atoms with Crippen LogP contribution in [0.4, 0.5) is 30.7 Å². The molecule has 2 rings (SSSR count). The lowest BCUT2D eigenvalue weighted by Crippen LogP contribution is -2.19. The lowest BCUT2D eigenvalue weighted by atomic mass is 10.1. The van der Waals surface area contributed by atoms with Crippen molar-refractivity contribution in [2.45, 2.75) is 6.36 Å². The SMILES string of the molecule is COc1cc(F)c(F)c2c(F)c(OC(F)(F)F)c(F)cc12. The second-order valence-corrected chi connectivity index (χ2v) is 3.85. The zero-order valence-corrected chi connectivity index (χ0v) is 10.1. The third kappa shape index (κ3) is 2.67. The largest absolute Gasteiger partial charge is 0.573 e. The molecule has 0 spiro atoms. The number of fused-ring (bicyclic) bond motifs is 1. The highest BCUT2D eigenvalue weighted by Gasteiger charge is 2.35. The normalized spacial score (nSPS) is 11.8. The van der Waals surface area contributed by atoms with Crippen molar-refractivity contribution in [2.75, 3.05) is 7.11 Å². The van der Waals surface area contributed by atoms with Gasteiger partial charge in [0.15, 0.2) is 23.3 Å². The summed E-state index contributed by atoms with van der Waals surface area (Å²) in [6, 6.07) is 0.877. The van der Waals surface area contributed by atoms with Gasteiger partial charge < -0.3 is 9.47 Å². The Bertz CT molecular complexity index is 709. The molecule has 0 amide bonds. The molecule has 0 N–H and O–H groups in total. The Morgan fingerprint density at radius 1 is 0.905 bits per heavy atom. The molecule has 2 aromatic carbocycles. The van der Waals surface area contributed by atoms with E-state index in [0.717, 1.165) is 7.11 Å². The molecule has 0 radical (unpaired) electrons. The Balaban J connectivity index is 2.85. The first-order valence-corrected chi connectivity index (χ1v) is 5.25. The topological polar surface area (TPSA) is 18.5 Å². The predicted octanol–water partition coefficient (Wildman–Crippen LogP) is 4.30. The first-order valence-electron chi connectivity index (χ1n) is 5.25. The zero-order valence-electron chi connectivity index (χ0n) is 10.1. The van der Waals surface area contributed by atoms with E-state index in [0.29, 0.717) is 12.1 Å². The van der Waals surface area contributed by atoms with Gasteiger partial charge in [-0.1, -0.05) is 0 Å². The smallest absolute Gasteiger partial charge is 0.496 e. The van der Waals surface area contributed by atoms with Gasteiger partial charge in [0.2, 0.25) is 5.75 Å². The predicted molar refractivity (Wildman–Crippen MR) is 57.0 cm³/mol. The Labute approximate surface area is 112 Å². The van der Waals surface area contributed by atoms with E-state index >= 15 is 0 Å². The van der Waals surface area contributed by atoms with E-state index in [-0.39, 0.29) is 0 Å². The highest BCUT2D eigenvalue weighted by Crippen LogP contribution is 2.39. The van der Waals surface area contributed by atoms with Crippen LogP contribution >= 0.6 is 0 Å². The minimum Gasteiger partial charge on any atom is -0.496 e. The molecule has 21 heavy (non-hydrogen) atoms.